The molecule has 2 fully saturated rings. The van der Waals surface area contributed by atoms with Crippen LogP contribution in [0.1, 0.15) is 31.2 Å². The summed E-state index contributed by atoms with van der Waals surface area (Å²) in [6.45, 7) is 1.79. The Balaban J connectivity index is 1.50. The molecule has 0 spiro atoms. The zero-order valence-electron chi connectivity index (χ0n) is 19.8. The molecule has 1 saturated heterocycles. The van der Waals surface area contributed by atoms with Gasteiger partial charge in [0, 0.05) is 31.7 Å². The second-order valence-electron chi connectivity index (χ2n) is 9.03. The molecule has 1 aliphatic carbocycles. The lowest BCUT2D eigenvalue weighted by atomic mass is 10.1. The van der Waals surface area contributed by atoms with Crippen LogP contribution in [0.2, 0.25) is 0 Å². The van der Waals surface area contributed by atoms with Gasteiger partial charge in [0.05, 0.1) is 25.3 Å². The Kier molecular flexibility index (Phi) is 6.54. The number of carbonyl (C=O) groups excluding carboxylic acids is 1. The summed E-state index contributed by atoms with van der Waals surface area (Å²) >= 11 is 0. The van der Waals surface area contributed by atoms with Crippen LogP contribution in [0.4, 0.5) is 0 Å². The molecule has 1 saturated carbocycles. The minimum absolute atomic E-state index is 0.0884. The van der Waals surface area contributed by atoms with E-state index in [2.05, 4.69) is 0 Å². The standard InChI is InChI=1S/C27H31N3O4/c1-29-27(34-22-14-12-21(32-2)13-15-22)24(25(28-29)19-7-4-3-5-8-19)18-30(26(31)20-10-11-20)17-23-9-6-16-33-23/h3-5,7-8,12-15,20,23H,6,9-11,16-18H2,1-2H3/t23-/m0/s1. The van der Waals surface area contributed by atoms with Crippen molar-refractivity contribution in [3.05, 3.63) is 60.2 Å². The first-order valence-electron chi connectivity index (χ1n) is 12.0. The van der Waals surface area contributed by atoms with E-state index in [1.807, 2.05) is 66.5 Å². The predicted octanol–water partition coefficient (Wildman–Crippen LogP) is 4.81. The van der Waals surface area contributed by atoms with E-state index in [1.54, 1.807) is 11.8 Å². The molecule has 2 heterocycles. The number of rotatable bonds is 9. The SMILES string of the molecule is COc1ccc(Oc2c(CN(C[C@@H]3CCCO3)C(=O)C3CC3)c(-c3ccccc3)nn2C)cc1. The van der Waals surface area contributed by atoms with Crippen LogP contribution in [-0.2, 0) is 23.1 Å². The van der Waals surface area contributed by atoms with Crippen molar-refractivity contribution in [2.45, 2.75) is 38.3 Å². The van der Waals surface area contributed by atoms with Crippen LogP contribution in [0.3, 0.4) is 0 Å². The Bertz CT molecular complexity index is 1120. The molecule has 7 nitrogen and oxygen atoms in total. The van der Waals surface area contributed by atoms with Crippen molar-refractivity contribution in [3.63, 3.8) is 0 Å². The smallest absolute Gasteiger partial charge is 0.226 e. The lowest BCUT2D eigenvalue weighted by Gasteiger charge is -2.26. The van der Waals surface area contributed by atoms with Gasteiger partial charge in [-0.15, -0.1) is 0 Å². The third kappa shape index (κ3) is 4.94. The third-order valence-electron chi connectivity index (χ3n) is 6.44. The van der Waals surface area contributed by atoms with Crippen molar-refractivity contribution in [2.75, 3.05) is 20.3 Å². The molecule has 0 bridgehead atoms. The second-order valence-corrected chi connectivity index (χ2v) is 9.03. The molecule has 1 aromatic heterocycles. The molecule has 1 atom stereocenters. The maximum absolute atomic E-state index is 13.3. The van der Waals surface area contributed by atoms with Crippen molar-refractivity contribution in [3.8, 4) is 28.6 Å². The largest absolute Gasteiger partial charge is 0.497 e. The van der Waals surface area contributed by atoms with E-state index in [9.17, 15) is 4.79 Å². The first-order valence-corrected chi connectivity index (χ1v) is 12.0. The molecule has 1 amide bonds. The van der Waals surface area contributed by atoms with Crippen molar-refractivity contribution < 1.29 is 19.0 Å². The number of ether oxygens (including phenoxy) is 3. The van der Waals surface area contributed by atoms with Crippen molar-refractivity contribution >= 4 is 5.91 Å². The van der Waals surface area contributed by atoms with Crippen molar-refractivity contribution in [1.29, 1.82) is 0 Å². The lowest BCUT2D eigenvalue weighted by Crippen LogP contribution is -2.38. The van der Waals surface area contributed by atoms with Gasteiger partial charge in [0.15, 0.2) is 0 Å². The fourth-order valence-electron chi connectivity index (χ4n) is 4.45. The van der Waals surface area contributed by atoms with E-state index in [-0.39, 0.29) is 17.9 Å². The van der Waals surface area contributed by atoms with Gasteiger partial charge in [-0.2, -0.15) is 5.10 Å². The van der Waals surface area contributed by atoms with Gasteiger partial charge in [0.1, 0.15) is 17.2 Å². The molecule has 34 heavy (non-hydrogen) atoms. The fraction of sp³-hybridized carbons (Fsp3) is 0.407. The fourth-order valence-corrected chi connectivity index (χ4v) is 4.45. The van der Waals surface area contributed by atoms with Gasteiger partial charge in [0.2, 0.25) is 11.8 Å². The van der Waals surface area contributed by atoms with Gasteiger partial charge >= 0.3 is 0 Å². The number of benzene rings is 2. The molecule has 2 aromatic carbocycles. The highest BCUT2D eigenvalue weighted by Crippen LogP contribution is 2.37. The highest BCUT2D eigenvalue weighted by molar-refractivity contribution is 5.81. The van der Waals surface area contributed by atoms with E-state index in [0.717, 1.165) is 54.9 Å². The quantitative estimate of drug-likeness (QED) is 0.458. The predicted molar refractivity (Wildman–Crippen MR) is 129 cm³/mol. The molecule has 7 heteroatoms. The van der Waals surface area contributed by atoms with Crippen molar-refractivity contribution in [2.24, 2.45) is 13.0 Å². The minimum Gasteiger partial charge on any atom is -0.497 e. The zero-order valence-corrected chi connectivity index (χ0v) is 19.8. The highest BCUT2D eigenvalue weighted by Gasteiger charge is 2.36. The van der Waals surface area contributed by atoms with Crippen LogP contribution in [0.25, 0.3) is 11.3 Å². The number of nitrogens with zero attached hydrogens (tertiary/aromatic N) is 3. The van der Waals surface area contributed by atoms with E-state index < -0.39 is 0 Å². The molecule has 5 rings (SSSR count). The average molecular weight is 462 g/mol. The van der Waals surface area contributed by atoms with Crippen LogP contribution in [0.5, 0.6) is 17.4 Å². The van der Waals surface area contributed by atoms with Crippen LogP contribution < -0.4 is 9.47 Å². The molecular formula is C27H31N3O4. The first kappa shape index (κ1) is 22.5. The topological polar surface area (TPSA) is 65.8 Å². The van der Waals surface area contributed by atoms with Gasteiger partial charge in [-0.3, -0.25) is 4.79 Å². The number of hydrogen-bond donors (Lipinski definition) is 0. The summed E-state index contributed by atoms with van der Waals surface area (Å²) in [5.41, 5.74) is 2.72. The molecule has 3 aromatic rings. The second kappa shape index (κ2) is 9.89. The summed E-state index contributed by atoms with van der Waals surface area (Å²) in [4.78, 5) is 15.2. The number of aryl methyl sites for hydroxylation is 1. The molecular weight excluding hydrogens is 430 g/mol. The Hall–Kier alpha value is -3.32. The molecule has 0 N–H and O–H groups in total. The summed E-state index contributed by atoms with van der Waals surface area (Å²) in [5, 5.41) is 4.81. The monoisotopic (exact) mass is 461 g/mol. The molecule has 178 valence electrons. The summed E-state index contributed by atoms with van der Waals surface area (Å²) in [6.07, 6.45) is 4.06. The maximum atomic E-state index is 13.3. The first-order chi connectivity index (χ1) is 16.6. The lowest BCUT2D eigenvalue weighted by molar-refractivity contribution is -0.134. The molecule has 0 radical (unpaired) electrons. The summed E-state index contributed by atoms with van der Waals surface area (Å²) < 4.78 is 19.3. The van der Waals surface area contributed by atoms with Gasteiger partial charge < -0.3 is 19.1 Å². The Morgan fingerprint density at radius 2 is 1.82 bits per heavy atom. The van der Waals surface area contributed by atoms with Crippen molar-refractivity contribution in [1.82, 2.24) is 14.7 Å². The summed E-state index contributed by atoms with van der Waals surface area (Å²) in [5.74, 6) is 2.41. The van der Waals surface area contributed by atoms with Gasteiger partial charge in [0.25, 0.3) is 0 Å². The number of carbonyl (C=O) groups is 1. The Morgan fingerprint density at radius 3 is 2.47 bits per heavy atom. The summed E-state index contributed by atoms with van der Waals surface area (Å²) in [7, 11) is 3.52. The number of methoxy groups -OCH3 is 1. The Morgan fingerprint density at radius 1 is 1.09 bits per heavy atom. The molecule has 1 aliphatic heterocycles. The zero-order chi connectivity index (χ0) is 23.5. The number of aromatic nitrogens is 2. The van der Waals surface area contributed by atoms with E-state index in [1.165, 1.54) is 0 Å². The van der Waals surface area contributed by atoms with Gasteiger partial charge in [-0.25, -0.2) is 4.68 Å². The number of amides is 1. The average Bonchev–Trinajstić information content (AvgIpc) is 3.52. The van der Waals surface area contributed by atoms with E-state index in [0.29, 0.717) is 24.7 Å². The number of hydrogen-bond acceptors (Lipinski definition) is 5. The third-order valence-corrected chi connectivity index (χ3v) is 6.44. The highest BCUT2D eigenvalue weighted by atomic mass is 16.5. The van der Waals surface area contributed by atoms with Crippen LogP contribution in [0, 0.1) is 5.92 Å². The summed E-state index contributed by atoms with van der Waals surface area (Å²) in [6, 6.07) is 17.5. The van der Waals surface area contributed by atoms with Gasteiger partial charge in [-0.1, -0.05) is 30.3 Å². The van der Waals surface area contributed by atoms with Crippen LogP contribution in [-0.4, -0.2) is 47.0 Å². The van der Waals surface area contributed by atoms with Crippen LogP contribution in [0.15, 0.2) is 54.6 Å². The normalized spacial score (nSPS) is 17.5. The maximum Gasteiger partial charge on any atom is 0.226 e. The van der Waals surface area contributed by atoms with E-state index >= 15 is 0 Å². The molecule has 0 unspecified atom stereocenters. The minimum atomic E-state index is 0.0884. The van der Waals surface area contributed by atoms with Gasteiger partial charge in [-0.05, 0) is 49.9 Å². The van der Waals surface area contributed by atoms with E-state index in [4.69, 9.17) is 19.3 Å². The molecule has 2 aliphatic rings. The van der Waals surface area contributed by atoms with Crippen LogP contribution >= 0.6 is 0 Å². The Labute approximate surface area is 200 Å².